The van der Waals surface area contributed by atoms with E-state index in [4.69, 9.17) is 4.74 Å². The minimum absolute atomic E-state index is 0.100. The molecule has 1 rings (SSSR count). The smallest absolute Gasteiger partial charge is 0.408 e. The zero-order valence-corrected chi connectivity index (χ0v) is 24.5. The number of hydrogen-bond donors (Lipinski definition) is 3. The average molecular weight is 520 g/mol. The summed E-state index contributed by atoms with van der Waals surface area (Å²) in [7, 11) is 0. The van der Waals surface area contributed by atoms with Crippen LogP contribution < -0.4 is 10.6 Å². The molecule has 210 valence electrons. The molecule has 0 aliphatic heterocycles. The Morgan fingerprint density at radius 2 is 1.70 bits per heavy atom. The Labute approximate surface area is 223 Å². The molecule has 0 radical (unpaired) electrons. The van der Waals surface area contributed by atoms with E-state index in [2.05, 4.69) is 10.6 Å². The van der Waals surface area contributed by atoms with Gasteiger partial charge in [0.2, 0.25) is 11.8 Å². The van der Waals surface area contributed by atoms with Crippen molar-refractivity contribution in [3.05, 3.63) is 29.3 Å². The van der Waals surface area contributed by atoms with Crippen molar-refractivity contribution in [3.63, 3.8) is 0 Å². The van der Waals surface area contributed by atoms with Crippen molar-refractivity contribution in [3.8, 4) is 5.75 Å². The minimum Gasteiger partial charge on any atom is -0.508 e. The lowest BCUT2D eigenvalue weighted by molar-refractivity contribution is -0.149. The Balaban J connectivity index is 3.64. The molecule has 0 fully saturated rings. The summed E-state index contributed by atoms with van der Waals surface area (Å²) >= 11 is 0. The van der Waals surface area contributed by atoms with Crippen LogP contribution in [0.15, 0.2) is 18.2 Å². The monoisotopic (exact) mass is 519 g/mol. The predicted molar refractivity (Wildman–Crippen MR) is 147 cm³/mol. The molecule has 3 N–H and O–H groups in total. The van der Waals surface area contributed by atoms with Crippen molar-refractivity contribution in [2.45, 2.75) is 118 Å². The molecule has 0 bridgehead atoms. The first kappa shape index (κ1) is 32.3. The van der Waals surface area contributed by atoms with E-state index >= 15 is 0 Å². The quantitative estimate of drug-likeness (QED) is 0.311. The minimum atomic E-state index is -0.950. The highest BCUT2D eigenvalue weighted by Crippen LogP contribution is 2.34. The van der Waals surface area contributed by atoms with Gasteiger partial charge in [0, 0.05) is 12.1 Å². The molecule has 0 saturated heterocycles. The summed E-state index contributed by atoms with van der Waals surface area (Å²) in [6, 6.07) is 3.13. The van der Waals surface area contributed by atoms with Gasteiger partial charge in [-0.3, -0.25) is 9.59 Å². The van der Waals surface area contributed by atoms with Gasteiger partial charge < -0.3 is 25.4 Å². The van der Waals surface area contributed by atoms with Crippen molar-refractivity contribution in [1.29, 1.82) is 0 Å². The lowest BCUT2D eigenvalue weighted by Crippen LogP contribution is -2.59. The molecular weight excluding hydrogens is 470 g/mol. The first-order chi connectivity index (χ1) is 17.0. The van der Waals surface area contributed by atoms with Crippen molar-refractivity contribution in [1.82, 2.24) is 15.5 Å². The molecule has 0 aliphatic rings. The molecule has 8 heteroatoms. The molecule has 0 spiro atoms. The number of unbranched alkanes of at least 4 members (excludes halogenated alkanes) is 1. The van der Waals surface area contributed by atoms with Crippen LogP contribution in [0.4, 0.5) is 4.79 Å². The highest BCUT2D eigenvalue weighted by atomic mass is 16.6. The van der Waals surface area contributed by atoms with Crippen LogP contribution in [0.2, 0.25) is 0 Å². The van der Waals surface area contributed by atoms with Gasteiger partial charge in [-0.2, -0.15) is 0 Å². The number of carbonyl (C=O) groups excluding carboxylic acids is 3. The Kier molecular flexibility index (Phi) is 11.9. The standard InChI is InChI=1S/C29H49N3O5/c1-11-13-16-30-25(34)24(21-14-15-23(33)20(5)18-21)32(29(9,10)12-2)26(35)22(17-19(3)4)31-27(36)37-28(6,7)8/h14-15,18-19,22,24,33H,11-13,16-17H2,1-10H3,(H,30,34)(H,31,36). The summed E-state index contributed by atoms with van der Waals surface area (Å²) in [6.07, 6.45) is 2.02. The lowest BCUT2D eigenvalue weighted by atomic mass is 9.90. The summed E-state index contributed by atoms with van der Waals surface area (Å²) < 4.78 is 5.45. The van der Waals surface area contributed by atoms with Gasteiger partial charge >= 0.3 is 6.09 Å². The SMILES string of the molecule is CCCCNC(=O)C(c1ccc(O)c(C)c1)N(C(=O)C(CC(C)C)NC(=O)OC(C)(C)C)C(C)(C)CC. The number of hydrogen-bond acceptors (Lipinski definition) is 5. The largest absolute Gasteiger partial charge is 0.508 e. The maximum atomic E-state index is 14.3. The van der Waals surface area contributed by atoms with Crippen molar-refractivity contribution in [2.75, 3.05) is 6.54 Å². The van der Waals surface area contributed by atoms with E-state index in [1.165, 1.54) is 0 Å². The zero-order valence-electron chi connectivity index (χ0n) is 24.5. The number of nitrogens with zero attached hydrogens (tertiary/aromatic N) is 1. The van der Waals surface area contributed by atoms with Gasteiger partial charge in [0.15, 0.2) is 0 Å². The van der Waals surface area contributed by atoms with Gasteiger partial charge in [-0.25, -0.2) is 4.79 Å². The van der Waals surface area contributed by atoms with Crippen molar-refractivity contribution < 1.29 is 24.2 Å². The zero-order chi connectivity index (χ0) is 28.6. The number of carbonyl (C=O) groups is 3. The maximum absolute atomic E-state index is 14.3. The molecule has 0 heterocycles. The third kappa shape index (κ3) is 9.90. The second-order valence-corrected chi connectivity index (χ2v) is 11.8. The van der Waals surface area contributed by atoms with Crippen LogP contribution >= 0.6 is 0 Å². The number of ether oxygens (including phenoxy) is 1. The van der Waals surface area contributed by atoms with Gasteiger partial charge in [0.25, 0.3) is 0 Å². The number of rotatable bonds is 12. The molecule has 0 aromatic heterocycles. The van der Waals surface area contributed by atoms with Crippen molar-refractivity contribution >= 4 is 17.9 Å². The number of aryl methyl sites for hydroxylation is 1. The number of alkyl carbamates (subject to hydrolysis) is 1. The molecule has 8 nitrogen and oxygen atoms in total. The molecule has 37 heavy (non-hydrogen) atoms. The molecule has 1 aromatic carbocycles. The molecule has 2 unspecified atom stereocenters. The Morgan fingerprint density at radius 1 is 1.08 bits per heavy atom. The second kappa shape index (κ2) is 13.7. The van der Waals surface area contributed by atoms with Crippen LogP contribution in [0.1, 0.15) is 105 Å². The molecular formula is C29H49N3O5. The van der Waals surface area contributed by atoms with E-state index in [1.54, 1.807) is 50.8 Å². The van der Waals surface area contributed by atoms with Gasteiger partial charge in [-0.15, -0.1) is 0 Å². The fourth-order valence-electron chi connectivity index (χ4n) is 4.01. The molecule has 1 aromatic rings. The summed E-state index contributed by atoms with van der Waals surface area (Å²) in [4.78, 5) is 42.3. The fourth-order valence-corrected chi connectivity index (χ4v) is 4.01. The maximum Gasteiger partial charge on any atom is 0.408 e. The van der Waals surface area contributed by atoms with Crippen LogP contribution in [0.3, 0.4) is 0 Å². The third-order valence-electron chi connectivity index (χ3n) is 6.32. The van der Waals surface area contributed by atoms with Gasteiger partial charge in [0.05, 0.1) is 0 Å². The van der Waals surface area contributed by atoms with E-state index < -0.39 is 29.3 Å². The van der Waals surface area contributed by atoms with E-state index in [0.717, 1.165) is 12.8 Å². The number of nitrogens with one attached hydrogen (secondary N) is 2. The average Bonchev–Trinajstić information content (AvgIpc) is 2.76. The highest BCUT2D eigenvalue weighted by molar-refractivity contribution is 5.92. The van der Waals surface area contributed by atoms with Crippen LogP contribution in [-0.2, 0) is 14.3 Å². The van der Waals surface area contributed by atoms with Crippen LogP contribution in [0, 0.1) is 12.8 Å². The summed E-state index contributed by atoms with van der Waals surface area (Å²) in [6.45, 7) is 19.3. The molecule has 3 amide bonds. The van der Waals surface area contributed by atoms with Crippen LogP contribution in [0.25, 0.3) is 0 Å². The second-order valence-electron chi connectivity index (χ2n) is 11.8. The highest BCUT2D eigenvalue weighted by Gasteiger charge is 2.43. The van der Waals surface area contributed by atoms with Gasteiger partial charge in [0.1, 0.15) is 23.4 Å². The van der Waals surface area contributed by atoms with Gasteiger partial charge in [-0.1, -0.05) is 40.2 Å². The van der Waals surface area contributed by atoms with Gasteiger partial charge in [-0.05, 0) is 90.0 Å². The number of phenols is 1. The van der Waals surface area contributed by atoms with E-state index in [-0.39, 0.29) is 23.5 Å². The van der Waals surface area contributed by atoms with E-state index in [0.29, 0.717) is 30.5 Å². The Hall–Kier alpha value is -2.77. The van der Waals surface area contributed by atoms with E-state index in [1.807, 2.05) is 41.5 Å². The Bertz CT molecular complexity index is 921. The Morgan fingerprint density at radius 3 is 2.19 bits per heavy atom. The first-order valence-corrected chi connectivity index (χ1v) is 13.4. The summed E-state index contributed by atoms with van der Waals surface area (Å²) in [5, 5.41) is 15.9. The van der Waals surface area contributed by atoms with Crippen molar-refractivity contribution in [2.24, 2.45) is 5.92 Å². The lowest BCUT2D eigenvalue weighted by Gasteiger charge is -2.45. The van der Waals surface area contributed by atoms with E-state index in [9.17, 15) is 19.5 Å². The topological polar surface area (TPSA) is 108 Å². The number of phenolic OH excluding ortho intramolecular Hbond substituents is 1. The normalized spacial score (nSPS) is 13.6. The molecule has 2 atom stereocenters. The molecule has 0 aliphatic carbocycles. The molecule has 0 saturated carbocycles. The number of aromatic hydroxyl groups is 1. The fraction of sp³-hybridized carbons (Fsp3) is 0.690. The van der Waals surface area contributed by atoms with Crippen LogP contribution in [0.5, 0.6) is 5.75 Å². The third-order valence-corrected chi connectivity index (χ3v) is 6.32. The predicted octanol–water partition coefficient (Wildman–Crippen LogP) is 5.61. The summed E-state index contributed by atoms with van der Waals surface area (Å²) in [5.74, 6) is -0.434. The first-order valence-electron chi connectivity index (χ1n) is 13.4. The summed E-state index contributed by atoms with van der Waals surface area (Å²) in [5.41, 5.74) is -0.236. The number of amides is 3. The number of benzene rings is 1. The van der Waals surface area contributed by atoms with Crippen LogP contribution in [-0.4, -0.2) is 51.6 Å².